The van der Waals surface area contributed by atoms with Gasteiger partial charge in [0, 0.05) is 18.6 Å². The van der Waals surface area contributed by atoms with Gasteiger partial charge in [-0.2, -0.15) is 0 Å². The summed E-state index contributed by atoms with van der Waals surface area (Å²) in [6.07, 6.45) is -13.8. The summed E-state index contributed by atoms with van der Waals surface area (Å²) in [5, 5.41) is 60.6. The van der Waals surface area contributed by atoms with E-state index in [-0.39, 0.29) is 13.0 Å². The quantitative estimate of drug-likeness (QED) is 0.179. The van der Waals surface area contributed by atoms with Gasteiger partial charge in [0.25, 0.3) is 0 Å². The molecule has 0 amide bonds. The standard InChI is InChI=1S/C17H34N4O10/c18-2-6-10(24)13(27)17(28-6)31-15-8(21)16(29-7(3-22)11(15)25)30-14-5(20)1-4(19)9(23)12(14)26/h4-17,22-27H,1-3,18-21H2/t4-,5?,6-,7?,8?,9?,10+,11+,12-,13?,14+,15-,16+,17+/m1/s1. The molecule has 0 radical (unpaired) electrons. The first-order chi connectivity index (χ1) is 14.6. The molecule has 14 nitrogen and oxygen atoms in total. The highest BCUT2D eigenvalue weighted by Crippen LogP contribution is 2.31. The maximum absolute atomic E-state index is 10.5. The third-order valence-electron chi connectivity index (χ3n) is 6.12. The first kappa shape index (κ1) is 25.1. The first-order valence-corrected chi connectivity index (χ1v) is 10.2. The molecule has 3 rings (SSSR count). The maximum atomic E-state index is 10.5. The molecule has 3 aliphatic rings. The van der Waals surface area contributed by atoms with Crippen LogP contribution < -0.4 is 22.9 Å². The third-order valence-corrected chi connectivity index (χ3v) is 6.12. The lowest BCUT2D eigenvalue weighted by Gasteiger charge is -2.47. The van der Waals surface area contributed by atoms with E-state index in [2.05, 4.69) is 0 Å². The Balaban J connectivity index is 1.74. The second-order valence-electron chi connectivity index (χ2n) is 8.30. The normalized spacial score (nSPS) is 53.6. The van der Waals surface area contributed by atoms with E-state index < -0.39 is 92.2 Å². The van der Waals surface area contributed by atoms with Crippen LogP contribution in [-0.2, 0) is 18.9 Å². The van der Waals surface area contributed by atoms with Crippen LogP contribution >= 0.6 is 0 Å². The lowest BCUT2D eigenvalue weighted by atomic mass is 9.84. The van der Waals surface area contributed by atoms with Gasteiger partial charge in [-0.3, -0.25) is 0 Å². The smallest absolute Gasteiger partial charge is 0.187 e. The monoisotopic (exact) mass is 454 g/mol. The maximum Gasteiger partial charge on any atom is 0.187 e. The van der Waals surface area contributed by atoms with Crippen molar-refractivity contribution in [1.29, 1.82) is 0 Å². The Kier molecular flexibility index (Phi) is 8.21. The Bertz CT molecular complexity index is 593. The fourth-order valence-electron chi connectivity index (χ4n) is 4.18. The second kappa shape index (κ2) is 10.1. The van der Waals surface area contributed by atoms with Crippen molar-refractivity contribution in [2.45, 2.75) is 92.1 Å². The van der Waals surface area contributed by atoms with Crippen LogP contribution in [0.4, 0.5) is 0 Å². The molecule has 1 aliphatic carbocycles. The van der Waals surface area contributed by atoms with E-state index in [4.69, 9.17) is 41.9 Å². The molecule has 2 heterocycles. The SMILES string of the molecule is NC[C@H]1O[C@@H](O[C@@H]2C(N)[C@H](O[C@H]3C(N)C[C@@H](N)C(O)[C@H]3O)OC(CO)[C@@H]2O)C(O)[C@H]1O. The zero-order chi connectivity index (χ0) is 23.0. The molecule has 2 aliphatic heterocycles. The number of hydrogen-bond acceptors (Lipinski definition) is 14. The fraction of sp³-hybridized carbons (Fsp3) is 1.00. The van der Waals surface area contributed by atoms with Gasteiger partial charge in [0.05, 0.1) is 18.8 Å². The molecule has 1 saturated carbocycles. The number of aliphatic hydroxyl groups is 6. The van der Waals surface area contributed by atoms with Crippen LogP contribution in [0, 0.1) is 0 Å². The van der Waals surface area contributed by atoms with Crippen molar-refractivity contribution in [2.75, 3.05) is 13.2 Å². The van der Waals surface area contributed by atoms with Crippen LogP contribution in [-0.4, -0.2) is 129 Å². The molecular formula is C17H34N4O10. The average Bonchev–Trinajstić information content (AvgIpc) is 3.01. The molecule has 0 bridgehead atoms. The Morgan fingerprint density at radius 1 is 0.710 bits per heavy atom. The van der Waals surface area contributed by atoms with E-state index in [0.717, 1.165) is 0 Å². The van der Waals surface area contributed by atoms with Crippen LogP contribution in [0.25, 0.3) is 0 Å². The van der Waals surface area contributed by atoms with Gasteiger partial charge in [-0.25, -0.2) is 0 Å². The van der Waals surface area contributed by atoms with Crippen molar-refractivity contribution in [3.05, 3.63) is 0 Å². The molecule has 3 fully saturated rings. The molecule has 2 saturated heterocycles. The van der Waals surface area contributed by atoms with Gasteiger partial charge < -0.3 is 72.5 Å². The van der Waals surface area contributed by atoms with E-state index in [1.807, 2.05) is 0 Å². The van der Waals surface area contributed by atoms with E-state index >= 15 is 0 Å². The Labute approximate surface area is 178 Å². The van der Waals surface area contributed by atoms with E-state index in [0.29, 0.717) is 0 Å². The average molecular weight is 454 g/mol. The molecule has 14 N–H and O–H groups in total. The van der Waals surface area contributed by atoms with Gasteiger partial charge >= 0.3 is 0 Å². The van der Waals surface area contributed by atoms with Gasteiger partial charge in [0.15, 0.2) is 12.6 Å². The predicted octanol–water partition coefficient (Wildman–Crippen LogP) is -6.65. The topological polar surface area (TPSA) is 262 Å². The van der Waals surface area contributed by atoms with E-state index in [9.17, 15) is 30.6 Å². The summed E-state index contributed by atoms with van der Waals surface area (Å²) < 4.78 is 22.3. The lowest BCUT2D eigenvalue weighted by molar-refractivity contribution is -0.317. The largest absolute Gasteiger partial charge is 0.394 e. The van der Waals surface area contributed by atoms with Crippen molar-refractivity contribution < 1.29 is 49.6 Å². The molecule has 0 spiro atoms. The highest BCUT2D eigenvalue weighted by Gasteiger charge is 2.52. The van der Waals surface area contributed by atoms with Gasteiger partial charge in [-0.05, 0) is 6.42 Å². The van der Waals surface area contributed by atoms with Gasteiger partial charge in [-0.15, -0.1) is 0 Å². The minimum Gasteiger partial charge on any atom is -0.394 e. The van der Waals surface area contributed by atoms with Gasteiger partial charge in [-0.1, -0.05) is 0 Å². The zero-order valence-corrected chi connectivity index (χ0v) is 16.8. The minimum absolute atomic E-state index is 0.0760. The van der Waals surface area contributed by atoms with Crippen LogP contribution in [0.1, 0.15) is 6.42 Å². The molecule has 5 unspecified atom stereocenters. The summed E-state index contributed by atoms with van der Waals surface area (Å²) in [6.45, 7) is -0.699. The van der Waals surface area contributed by atoms with E-state index in [1.54, 1.807) is 0 Å². The van der Waals surface area contributed by atoms with Crippen molar-refractivity contribution in [1.82, 2.24) is 0 Å². The predicted molar refractivity (Wildman–Crippen MR) is 102 cm³/mol. The molecule has 0 aromatic rings. The molecule has 0 aromatic heterocycles. The van der Waals surface area contributed by atoms with E-state index in [1.165, 1.54) is 0 Å². The Morgan fingerprint density at radius 3 is 1.90 bits per heavy atom. The summed E-state index contributed by atoms with van der Waals surface area (Å²) in [5.41, 5.74) is 23.4. The van der Waals surface area contributed by atoms with Crippen LogP contribution in [0.2, 0.25) is 0 Å². The lowest BCUT2D eigenvalue weighted by Crippen LogP contribution is -2.68. The summed E-state index contributed by atoms with van der Waals surface area (Å²) in [5.74, 6) is 0. The highest BCUT2D eigenvalue weighted by atomic mass is 16.7. The first-order valence-electron chi connectivity index (χ1n) is 10.2. The van der Waals surface area contributed by atoms with Crippen molar-refractivity contribution in [2.24, 2.45) is 22.9 Å². The zero-order valence-electron chi connectivity index (χ0n) is 16.8. The number of ether oxygens (including phenoxy) is 4. The molecule has 0 aromatic carbocycles. The second-order valence-corrected chi connectivity index (χ2v) is 8.30. The molecular weight excluding hydrogens is 420 g/mol. The number of rotatable bonds is 6. The molecule has 14 atom stereocenters. The fourth-order valence-corrected chi connectivity index (χ4v) is 4.18. The van der Waals surface area contributed by atoms with Crippen LogP contribution in [0.3, 0.4) is 0 Å². The van der Waals surface area contributed by atoms with Crippen molar-refractivity contribution in [3.63, 3.8) is 0 Å². The molecule has 182 valence electrons. The Hall–Kier alpha value is -0.560. The summed E-state index contributed by atoms with van der Waals surface area (Å²) in [4.78, 5) is 0. The number of hydrogen-bond donors (Lipinski definition) is 10. The van der Waals surface area contributed by atoms with Gasteiger partial charge in [0.1, 0.15) is 48.8 Å². The summed E-state index contributed by atoms with van der Waals surface area (Å²) >= 11 is 0. The molecule has 14 heteroatoms. The summed E-state index contributed by atoms with van der Waals surface area (Å²) in [7, 11) is 0. The highest BCUT2D eigenvalue weighted by molar-refractivity contribution is 5.00. The van der Waals surface area contributed by atoms with Crippen LogP contribution in [0.15, 0.2) is 0 Å². The Morgan fingerprint density at radius 2 is 1.32 bits per heavy atom. The van der Waals surface area contributed by atoms with Crippen LogP contribution in [0.5, 0.6) is 0 Å². The van der Waals surface area contributed by atoms with Gasteiger partial charge in [0.2, 0.25) is 0 Å². The third kappa shape index (κ3) is 4.87. The number of aliphatic hydroxyl groups excluding tert-OH is 6. The number of nitrogens with two attached hydrogens (primary N) is 4. The van der Waals surface area contributed by atoms with Crippen molar-refractivity contribution in [3.8, 4) is 0 Å². The van der Waals surface area contributed by atoms with Crippen molar-refractivity contribution >= 4 is 0 Å². The molecule has 31 heavy (non-hydrogen) atoms. The minimum atomic E-state index is -1.45. The summed E-state index contributed by atoms with van der Waals surface area (Å²) in [6, 6.07) is -2.67.